The molecule has 0 aromatic carbocycles. The van der Waals surface area contributed by atoms with Gasteiger partial charge in [0.15, 0.2) is 0 Å². The van der Waals surface area contributed by atoms with Gasteiger partial charge in [0.1, 0.15) is 11.5 Å². The molecule has 1 amide bonds. The zero-order valence-corrected chi connectivity index (χ0v) is 21.3. The smallest absolute Gasteiger partial charge is 0.257 e. The molecule has 1 rings (SSSR count). The predicted molar refractivity (Wildman–Crippen MR) is 138 cm³/mol. The van der Waals surface area contributed by atoms with E-state index in [1.54, 1.807) is 17.1 Å². The number of aliphatic hydroxyl groups is 1. The van der Waals surface area contributed by atoms with Crippen LogP contribution in [0.25, 0.3) is 0 Å². The average Bonchev–Trinajstić information content (AvgIpc) is 3.18. The third kappa shape index (κ3) is 13.8. The summed E-state index contributed by atoms with van der Waals surface area (Å²) < 4.78 is 11.4. The maximum Gasteiger partial charge on any atom is 0.257 e. The van der Waals surface area contributed by atoms with Gasteiger partial charge in [-0.25, -0.2) is 0 Å². The fourth-order valence-corrected chi connectivity index (χ4v) is 2.68. The van der Waals surface area contributed by atoms with Crippen molar-refractivity contribution in [2.24, 2.45) is 5.92 Å². The molecule has 0 spiro atoms. The van der Waals surface area contributed by atoms with Crippen molar-refractivity contribution >= 4 is 5.91 Å². The maximum atomic E-state index is 12.6. The summed E-state index contributed by atoms with van der Waals surface area (Å²) in [6.07, 6.45) is 11.5. The van der Waals surface area contributed by atoms with Gasteiger partial charge < -0.3 is 30.4 Å². The van der Waals surface area contributed by atoms with Gasteiger partial charge in [0.25, 0.3) is 5.91 Å². The number of hydrogen-bond acceptors (Lipinski definition) is 5. The summed E-state index contributed by atoms with van der Waals surface area (Å²) in [7, 11) is 0. The number of ether oxygens (including phenoxy) is 2. The minimum absolute atomic E-state index is 0. The summed E-state index contributed by atoms with van der Waals surface area (Å²) >= 11 is 0. The van der Waals surface area contributed by atoms with Crippen LogP contribution in [0.1, 0.15) is 41.0 Å². The number of hydrogen-bond donors (Lipinski definition) is 2. The molecule has 0 radical (unpaired) electrons. The molecule has 8 heteroatoms. The average molecular weight is 481 g/mol. The lowest BCUT2D eigenvalue weighted by molar-refractivity contribution is -0.125. The van der Waals surface area contributed by atoms with E-state index in [4.69, 9.17) is 9.47 Å². The number of amides is 1. The van der Waals surface area contributed by atoms with Crippen LogP contribution in [0.15, 0.2) is 72.3 Å². The molecule has 1 heterocycles. The number of carbonyl (C=O) groups excluding carboxylic acids is 1. The van der Waals surface area contributed by atoms with Crippen molar-refractivity contribution in [2.45, 2.75) is 46.6 Å². The first kappa shape index (κ1) is 33.5. The Labute approximate surface area is 204 Å². The molecule has 6 N–H and O–H groups in total. The first-order chi connectivity index (χ1) is 15.0. The zero-order valence-electron chi connectivity index (χ0n) is 21.3. The van der Waals surface area contributed by atoms with Crippen molar-refractivity contribution in [3.8, 4) is 0 Å². The Kier molecular flexibility index (Phi) is 16.6. The highest BCUT2D eigenvalue weighted by Gasteiger charge is 2.22. The van der Waals surface area contributed by atoms with Crippen molar-refractivity contribution in [3.05, 3.63) is 72.3 Å². The van der Waals surface area contributed by atoms with Crippen LogP contribution in [0.4, 0.5) is 0 Å². The van der Waals surface area contributed by atoms with Crippen LogP contribution in [-0.4, -0.2) is 65.4 Å². The second kappa shape index (κ2) is 16.9. The fourth-order valence-electron chi connectivity index (χ4n) is 2.68. The van der Waals surface area contributed by atoms with Crippen LogP contribution in [-0.2, 0) is 14.3 Å². The summed E-state index contributed by atoms with van der Waals surface area (Å²) in [5.41, 5.74) is 0.889. The van der Waals surface area contributed by atoms with Gasteiger partial charge in [-0.05, 0) is 56.9 Å². The number of carbonyl (C=O) groups is 1. The van der Waals surface area contributed by atoms with E-state index in [0.717, 1.165) is 18.5 Å². The molecule has 0 aromatic rings. The van der Waals surface area contributed by atoms with Crippen LogP contribution < -0.4 is 5.32 Å². The molecule has 0 aliphatic carbocycles. The Balaban J connectivity index is 0. The normalized spacial score (nSPS) is 14.5. The van der Waals surface area contributed by atoms with E-state index in [1.165, 1.54) is 6.08 Å². The number of nitrogens with zero attached hydrogens (tertiary/aromatic N) is 1. The first-order valence-corrected chi connectivity index (χ1v) is 11.1. The van der Waals surface area contributed by atoms with Gasteiger partial charge in [-0.3, -0.25) is 10.1 Å². The van der Waals surface area contributed by atoms with Crippen LogP contribution in [0.3, 0.4) is 0 Å². The van der Waals surface area contributed by atoms with Gasteiger partial charge in [-0.2, -0.15) is 0 Å². The predicted octanol–water partition coefficient (Wildman–Crippen LogP) is 3.15. The minimum atomic E-state index is -0.291. The molecule has 0 atom stereocenters. The van der Waals surface area contributed by atoms with E-state index in [0.29, 0.717) is 38.1 Å². The summed E-state index contributed by atoms with van der Waals surface area (Å²) in [5, 5.41) is 13.3. The summed E-state index contributed by atoms with van der Waals surface area (Å²) in [6, 6.07) is 0. The molecular weight excluding hydrogens is 436 g/mol. The molecule has 1 aliphatic heterocycles. The third-order valence-corrected chi connectivity index (χ3v) is 4.45. The van der Waals surface area contributed by atoms with E-state index in [9.17, 15) is 9.90 Å². The molecule has 8 nitrogen and oxygen atoms in total. The molecule has 194 valence electrons. The van der Waals surface area contributed by atoms with E-state index >= 15 is 0 Å². The standard InChI is InChI=1S/C26H40N2O4.2H2O/c1-8-23(31-16-10-14-27-19-32-26(5,6)7)17-22-13-15-28(18-22)25(30)21(4)24(29)12-9-11-20(2)3;;/h8-9,11-13,17,20,27,29H,1,4,10,14-16,18-19H2,2-3,5-7H3;2*1H2/b11-9+,23-17+,24-12+;;. The number of allylic oxidation sites excluding steroid dienone is 4. The van der Waals surface area contributed by atoms with E-state index < -0.39 is 0 Å². The van der Waals surface area contributed by atoms with Gasteiger partial charge in [0.2, 0.25) is 0 Å². The number of aliphatic hydroxyl groups excluding tert-OH is 1. The summed E-state index contributed by atoms with van der Waals surface area (Å²) in [5.74, 6) is 0.616. The highest BCUT2D eigenvalue weighted by atomic mass is 16.5. The lowest BCUT2D eigenvalue weighted by Crippen LogP contribution is -2.30. The number of rotatable bonds is 13. The molecule has 0 aromatic heterocycles. The monoisotopic (exact) mass is 480 g/mol. The summed E-state index contributed by atoms with van der Waals surface area (Å²) in [4.78, 5) is 14.3. The lowest BCUT2D eigenvalue weighted by atomic mass is 10.1. The zero-order chi connectivity index (χ0) is 24.1. The molecule has 0 unspecified atom stereocenters. The molecule has 1 aliphatic rings. The Morgan fingerprint density at radius 3 is 2.59 bits per heavy atom. The molecule has 0 fully saturated rings. The largest absolute Gasteiger partial charge is 0.507 e. The molecule has 0 saturated heterocycles. The SMILES string of the molecule is C=C/C(=C\C1=CCN(C(=O)C(=C)/C(O)=C\C=C\C(C)C)C1)OCCCNCOC(C)(C)C.O.O. The molecular formula is C26H44N2O6. The summed E-state index contributed by atoms with van der Waals surface area (Å²) in [6.45, 7) is 20.4. The lowest BCUT2D eigenvalue weighted by Gasteiger charge is -2.19. The number of nitrogens with one attached hydrogen (secondary N) is 1. The quantitative estimate of drug-likeness (QED) is 0.137. The fraction of sp³-hybridized carbons (Fsp3) is 0.500. The van der Waals surface area contributed by atoms with E-state index in [-0.39, 0.29) is 33.8 Å². The van der Waals surface area contributed by atoms with E-state index in [1.807, 2.05) is 52.8 Å². The van der Waals surface area contributed by atoms with Gasteiger partial charge in [0.05, 0.1) is 24.5 Å². The Morgan fingerprint density at radius 2 is 2.00 bits per heavy atom. The molecule has 0 bridgehead atoms. The van der Waals surface area contributed by atoms with Crippen LogP contribution >= 0.6 is 0 Å². The van der Waals surface area contributed by atoms with E-state index in [2.05, 4.69) is 18.5 Å². The second-order valence-corrected chi connectivity index (χ2v) is 8.98. The van der Waals surface area contributed by atoms with Crippen molar-refractivity contribution in [3.63, 3.8) is 0 Å². The Morgan fingerprint density at radius 1 is 1.32 bits per heavy atom. The van der Waals surface area contributed by atoms with Gasteiger partial charge in [-0.1, -0.05) is 45.2 Å². The Bertz CT molecular complexity index is 773. The van der Waals surface area contributed by atoms with Crippen molar-refractivity contribution in [2.75, 3.05) is 33.0 Å². The minimum Gasteiger partial charge on any atom is -0.507 e. The van der Waals surface area contributed by atoms with Crippen LogP contribution in [0, 0.1) is 5.92 Å². The van der Waals surface area contributed by atoms with Gasteiger partial charge in [0, 0.05) is 19.6 Å². The highest BCUT2D eigenvalue weighted by Crippen LogP contribution is 2.18. The highest BCUT2D eigenvalue weighted by molar-refractivity contribution is 5.97. The molecule has 0 saturated carbocycles. The van der Waals surface area contributed by atoms with Gasteiger partial charge in [-0.15, -0.1) is 0 Å². The Hall–Kier alpha value is -2.65. The van der Waals surface area contributed by atoms with Crippen molar-refractivity contribution in [1.29, 1.82) is 0 Å². The van der Waals surface area contributed by atoms with Gasteiger partial charge >= 0.3 is 0 Å². The second-order valence-electron chi connectivity index (χ2n) is 8.98. The maximum absolute atomic E-state index is 12.6. The van der Waals surface area contributed by atoms with Crippen molar-refractivity contribution < 1.29 is 30.3 Å². The van der Waals surface area contributed by atoms with Crippen LogP contribution in [0.2, 0.25) is 0 Å². The first-order valence-electron chi connectivity index (χ1n) is 11.1. The van der Waals surface area contributed by atoms with Crippen LogP contribution in [0.5, 0.6) is 0 Å². The topological polar surface area (TPSA) is 134 Å². The molecule has 34 heavy (non-hydrogen) atoms. The third-order valence-electron chi connectivity index (χ3n) is 4.45. The van der Waals surface area contributed by atoms with Crippen molar-refractivity contribution in [1.82, 2.24) is 10.2 Å².